The van der Waals surface area contributed by atoms with Gasteiger partial charge in [0.2, 0.25) is 0 Å². The zero-order valence-corrected chi connectivity index (χ0v) is 13.7. The summed E-state index contributed by atoms with van der Waals surface area (Å²) in [5.74, 6) is 0.801. The molecule has 1 aliphatic heterocycles. The van der Waals surface area contributed by atoms with Gasteiger partial charge < -0.3 is 19.9 Å². The van der Waals surface area contributed by atoms with E-state index in [0.717, 1.165) is 16.9 Å². The molecule has 0 bridgehead atoms. The van der Waals surface area contributed by atoms with Crippen LogP contribution in [0.1, 0.15) is 21.5 Å². The minimum Gasteiger partial charge on any atom is -0.493 e. The lowest BCUT2D eigenvalue weighted by Crippen LogP contribution is -2.30. The lowest BCUT2D eigenvalue weighted by atomic mass is 10.0. The SMILES string of the molecule is COC(=O)c1c(OCC(N)Cc2ccccc2)ccc2c1CCO2. The second kappa shape index (κ2) is 7.36. The lowest BCUT2D eigenvalue weighted by Gasteiger charge is -2.16. The highest BCUT2D eigenvalue weighted by atomic mass is 16.5. The van der Waals surface area contributed by atoms with Crippen LogP contribution in [-0.2, 0) is 17.6 Å². The summed E-state index contributed by atoms with van der Waals surface area (Å²) >= 11 is 0. The molecule has 0 aromatic heterocycles. The summed E-state index contributed by atoms with van der Waals surface area (Å²) < 4.78 is 16.2. The topological polar surface area (TPSA) is 70.8 Å². The van der Waals surface area contributed by atoms with E-state index < -0.39 is 5.97 Å². The average molecular weight is 327 g/mol. The van der Waals surface area contributed by atoms with Gasteiger partial charge in [-0.2, -0.15) is 0 Å². The first-order valence-electron chi connectivity index (χ1n) is 7.98. The largest absolute Gasteiger partial charge is 0.493 e. The molecular formula is C19H21NO4. The van der Waals surface area contributed by atoms with Gasteiger partial charge in [-0.05, 0) is 24.1 Å². The number of benzene rings is 2. The van der Waals surface area contributed by atoms with Gasteiger partial charge in [0.1, 0.15) is 23.7 Å². The van der Waals surface area contributed by atoms with Crippen LogP contribution >= 0.6 is 0 Å². The van der Waals surface area contributed by atoms with E-state index in [1.165, 1.54) is 7.11 Å². The Morgan fingerprint density at radius 3 is 2.79 bits per heavy atom. The molecule has 0 saturated carbocycles. The smallest absolute Gasteiger partial charge is 0.342 e. The van der Waals surface area contributed by atoms with Crippen molar-refractivity contribution in [1.29, 1.82) is 0 Å². The highest BCUT2D eigenvalue weighted by molar-refractivity contribution is 5.95. The van der Waals surface area contributed by atoms with Crippen LogP contribution in [0.5, 0.6) is 11.5 Å². The molecule has 3 rings (SSSR count). The Morgan fingerprint density at radius 2 is 2.04 bits per heavy atom. The molecule has 0 amide bonds. The number of methoxy groups -OCH3 is 1. The summed E-state index contributed by atoms with van der Waals surface area (Å²) in [6, 6.07) is 13.4. The Morgan fingerprint density at radius 1 is 1.25 bits per heavy atom. The number of rotatable bonds is 6. The summed E-state index contributed by atoms with van der Waals surface area (Å²) in [5, 5.41) is 0. The van der Waals surface area contributed by atoms with Gasteiger partial charge in [-0.15, -0.1) is 0 Å². The molecule has 0 saturated heterocycles. The Bertz CT molecular complexity index is 715. The van der Waals surface area contributed by atoms with Gasteiger partial charge in [0.25, 0.3) is 0 Å². The van der Waals surface area contributed by atoms with Crippen molar-refractivity contribution in [3.05, 3.63) is 59.2 Å². The van der Waals surface area contributed by atoms with Gasteiger partial charge in [0.15, 0.2) is 0 Å². The summed E-state index contributed by atoms with van der Waals surface area (Å²) in [4.78, 5) is 12.1. The highest BCUT2D eigenvalue weighted by Gasteiger charge is 2.25. The third-order valence-corrected chi connectivity index (χ3v) is 4.02. The maximum absolute atomic E-state index is 12.1. The zero-order chi connectivity index (χ0) is 16.9. The molecule has 0 aliphatic carbocycles. The number of esters is 1. The lowest BCUT2D eigenvalue weighted by molar-refractivity contribution is 0.0594. The summed E-state index contributed by atoms with van der Waals surface area (Å²) in [6.45, 7) is 0.884. The molecule has 0 radical (unpaired) electrons. The Hall–Kier alpha value is -2.53. The van der Waals surface area contributed by atoms with E-state index in [9.17, 15) is 4.79 Å². The van der Waals surface area contributed by atoms with Crippen LogP contribution in [0.4, 0.5) is 0 Å². The number of carbonyl (C=O) groups is 1. The molecule has 0 spiro atoms. The first kappa shape index (κ1) is 16.3. The van der Waals surface area contributed by atoms with Crippen molar-refractivity contribution in [3.63, 3.8) is 0 Å². The van der Waals surface area contributed by atoms with E-state index in [1.807, 2.05) is 36.4 Å². The summed E-state index contributed by atoms with van der Waals surface area (Å²) in [6.07, 6.45) is 1.38. The van der Waals surface area contributed by atoms with Crippen LogP contribution in [0, 0.1) is 0 Å². The fraction of sp³-hybridized carbons (Fsp3) is 0.316. The number of hydrogen-bond acceptors (Lipinski definition) is 5. The van der Waals surface area contributed by atoms with Gasteiger partial charge in [-0.1, -0.05) is 30.3 Å². The van der Waals surface area contributed by atoms with E-state index >= 15 is 0 Å². The summed E-state index contributed by atoms with van der Waals surface area (Å²) in [7, 11) is 1.36. The minimum atomic E-state index is -0.413. The molecule has 5 nitrogen and oxygen atoms in total. The number of nitrogens with two attached hydrogens (primary N) is 1. The van der Waals surface area contributed by atoms with Gasteiger partial charge in [0, 0.05) is 18.0 Å². The minimum absolute atomic E-state index is 0.164. The summed E-state index contributed by atoms with van der Waals surface area (Å²) in [5.41, 5.74) is 8.60. The van der Waals surface area contributed by atoms with Crippen molar-refractivity contribution >= 4 is 5.97 Å². The van der Waals surface area contributed by atoms with Crippen LogP contribution in [0.3, 0.4) is 0 Å². The molecule has 126 valence electrons. The first-order valence-corrected chi connectivity index (χ1v) is 7.98. The molecule has 1 atom stereocenters. The predicted molar refractivity (Wildman–Crippen MR) is 90.6 cm³/mol. The normalized spacial score (nSPS) is 13.8. The standard InChI is InChI=1S/C19H21NO4/c1-22-19(21)18-15-9-10-23-16(15)7-8-17(18)24-12-14(20)11-13-5-3-2-4-6-13/h2-8,14H,9-12,20H2,1H3. The second-order valence-electron chi connectivity index (χ2n) is 5.77. The Kier molecular flexibility index (Phi) is 5.01. The molecule has 1 aliphatic rings. The highest BCUT2D eigenvalue weighted by Crippen LogP contribution is 2.35. The first-order chi connectivity index (χ1) is 11.7. The van der Waals surface area contributed by atoms with Crippen LogP contribution in [0.15, 0.2) is 42.5 Å². The van der Waals surface area contributed by atoms with Crippen molar-refractivity contribution in [1.82, 2.24) is 0 Å². The van der Waals surface area contributed by atoms with Crippen LogP contribution in [0.2, 0.25) is 0 Å². The second-order valence-corrected chi connectivity index (χ2v) is 5.77. The molecule has 24 heavy (non-hydrogen) atoms. The zero-order valence-electron chi connectivity index (χ0n) is 13.7. The van der Waals surface area contributed by atoms with Crippen LogP contribution in [-0.4, -0.2) is 32.3 Å². The quantitative estimate of drug-likeness (QED) is 0.825. The third-order valence-electron chi connectivity index (χ3n) is 4.02. The van der Waals surface area contributed by atoms with Crippen molar-refractivity contribution in [2.45, 2.75) is 18.9 Å². The maximum Gasteiger partial charge on any atom is 0.342 e. The van der Waals surface area contributed by atoms with Crippen molar-refractivity contribution < 1.29 is 19.0 Å². The van der Waals surface area contributed by atoms with Crippen LogP contribution in [0.25, 0.3) is 0 Å². The molecule has 1 unspecified atom stereocenters. The maximum atomic E-state index is 12.1. The van der Waals surface area contributed by atoms with Crippen LogP contribution < -0.4 is 15.2 Å². The molecule has 2 aromatic carbocycles. The van der Waals surface area contributed by atoms with Gasteiger partial charge in [0.05, 0.1) is 13.7 Å². The predicted octanol–water partition coefficient (Wildman–Crippen LogP) is 2.36. The van der Waals surface area contributed by atoms with Gasteiger partial charge >= 0.3 is 5.97 Å². The fourth-order valence-electron chi connectivity index (χ4n) is 2.87. The van der Waals surface area contributed by atoms with Crippen molar-refractivity contribution in [3.8, 4) is 11.5 Å². The van der Waals surface area contributed by atoms with E-state index in [2.05, 4.69) is 0 Å². The van der Waals surface area contributed by atoms with E-state index in [0.29, 0.717) is 37.4 Å². The van der Waals surface area contributed by atoms with Crippen molar-refractivity contribution in [2.75, 3.05) is 20.3 Å². The van der Waals surface area contributed by atoms with E-state index in [-0.39, 0.29) is 6.04 Å². The monoisotopic (exact) mass is 327 g/mol. The van der Waals surface area contributed by atoms with Crippen molar-refractivity contribution in [2.24, 2.45) is 5.73 Å². The molecule has 0 fully saturated rings. The molecular weight excluding hydrogens is 306 g/mol. The van der Waals surface area contributed by atoms with E-state index in [1.54, 1.807) is 6.07 Å². The molecule has 2 aromatic rings. The molecule has 5 heteroatoms. The number of ether oxygens (including phenoxy) is 3. The average Bonchev–Trinajstić information content (AvgIpc) is 3.08. The van der Waals surface area contributed by atoms with Gasteiger partial charge in [-0.3, -0.25) is 0 Å². The Balaban J connectivity index is 1.72. The third kappa shape index (κ3) is 3.51. The van der Waals surface area contributed by atoms with Gasteiger partial charge in [-0.25, -0.2) is 4.79 Å². The number of fused-ring (bicyclic) bond motifs is 1. The Labute approximate surface area is 141 Å². The number of carbonyl (C=O) groups excluding carboxylic acids is 1. The number of hydrogen-bond donors (Lipinski definition) is 1. The fourth-order valence-corrected chi connectivity index (χ4v) is 2.87. The molecule has 2 N–H and O–H groups in total. The molecule has 1 heterocycles. The van der Waals surface area contributed by atoms with E-state index in [4.69, 9.17) is 19.9 Å².